The minimum Gasteiger partial charge on any atom is -0.354 e. The van der Waals surface area contributed by atoms with Crippen LogP contribution in [0, 0.1) is 0 Å². The largest absolute Gasteiger partial charge is 0.354 e. The van der Waals surface area contributed by atoms with E-state index in [4.69, 9.17) is 4.98 Å². The highest BCUT2D eigenvalue weighted by Crippen LogP contribution is 2.27. The van der Waals surface area contributed by atoms with Crippen LogP contribution in [0.2, 0.25) is 0 Å². The minimum absolute atomic E-state index is 0.250. The van der Waals surface area contributed by atoms with Crippen LogP contribution in [0.25, 0.3) is 16.9 Å². The van der Waals surface area contributed by atoms with Gasteiger partial charge in [-0.2, -0.15) is 9.61 Å². The monoisotopic (exact) mass is 447 g/mol. The molecule has 170 valence electrons. The third-order valence-electron chi connectivity index (χ3n) is 5.84. The van der Waals surface area contributed by atoms with Gasteiger partial charge in [-0.3, -0.25) is 4.79 Å². The molecule has 0 radical (unpaired) electrons. The Morgan fingerprint density at radius 3 is 2.88 bits per heavy atom. The van der Waals surface area contributed by atoms with E-state index in [1.807, 2.05) is 52.1 Å². The van der Waals surface area contributed by atoms with Gasteiger partial charge in [-0.05, 0) is 19.3 Å². The molecule has 1 amide bonds. The zero-order valence-electron chi connectivity index (χ0n) is 18.3. The van der Waals surface area contributed by atoms with E-state index in [0.717, 1.165) is 43.0 Å². The van der Waals surface area contributed by atoms with E-state index >= 15 is 0 Å². The highest BCUT2D eigenvalue weighted by Gasteiger charge is 2.24. The van der Waals surface area contributed by atoms with Gasteiger partial charge < -0.3 is 14.8 Å². The average molecular weight is 448 g/mol. The Hall–Kier alpha value is -3.75. The number of nitrogens with zero attached hydrogens (tertiary/aromatic N) is 6. The Labute approximate surface area is 191 Å². The van der Waals surface area contributed by atoms with Crippen molar-refractivity contribution in [2.75, 3.05) is 24.5 Å². The maximum absolute atomic E-state index is 14.2. The minimum atomic E-state index is -0.879. The predicted molar refractivity (Wildman–Crippen MR) is 124 cm³/mol. The molecular formula is C24H26FN7O. The van der Waals surface area contributed by atoms with Gasteiger partial charge in [0.15, 0.2) is 11.3 Å². The highest BCUT2D eigenvalue weighted by atomic mass is 19.1. The molecule has 1 aliphatic rings. The van der Waals surface area contributed by atoms with Crippen LogP contribution >= 0.6 is 0 Å². The van der Waals surface area contributed by atoms with Crippen molar-refractivity contribution in [3.63, 3.8) is 0 Å². The third-order valence-corrected chi connectivity index (χ3v) is 5.84. The maximum Gasteiger partial charge on any atom is 0.271 e. The van der Waals surface area contributed by atoms with Gasteiger partial charge in [-0.25, -0.2) is 14.4 Å². The van der Waals surface area contributed by atoms with Crippen molar-refractivity contribution in [1.29, 1.82) is 0 Å². The normalized spacial score (nSPS) is 16.3. The number of alkyl halides is 1. The number of amides is 1. The van der Waals surface area contributed by atoms with Crippen LogP contribution in [-0.4, -0.2) is 55.9 Å². The number of benzene rings is 1. The molecule has 1 atom stereocenters. The van der Waals surface area contributed by atoms with Crippen LogP contribution in [0.1, 0.15) is 29.8 Å². The van der Waals surface area contributed by atoms with Crippen LogP contribution in [0.4, 0.5) is 10.2 Å². The Balaban J connectivity index is 1.41. The first-order valence-corrected chi connectivity index (χ1v) is 11.3. The fraction of sp³-hybridized carbons (Fsp3) is 0.333. The lowest BCUT2D eigenvalue weighted by Crippen LogP contribution is -2.37. The number of rotatable bonds is 7. The number of anilines is 1. The fourth-order valence-electron chi connectivity index (χ4n) is 4.16. The molecule has 0 aliphatic carbocycles. The molecule has 1 saturated heterocycles. The molecule has 9 heteroatoms. The quantitative estimate of drug-likeness (QED) is 0.440. The maximum atomic E-state index is 14.2. The van der Waals surface area contributed by atoms with E-state index in [-0.39, 0.29) is 5.91 Å². The molecular weight excluding hydrogens is 421 g/mol. The summed E-state index contributed by atoms with van der Waals surface area (Å²) in [5, 5.41) is 7.46. The SMILES string of the molecule is O=C(NCCCn1ccnc1)c1cc2nc(-c3ccccc3)cc(N3CCCC(F)C3)n2n1. The van der Waals surface area contributed by atoms with Crippen LogP contribution in [0.15, 0.2) is 61.2 Å². The summed E-state index contributed by atoms with van der Waals surface area (Å²) in [6.45, 7) is 2.35. The zero-order valence-corrected chi connectivity index (χ0v) is 18.3. The van der Waals surface area contributed by atoms with Gasteiger partial charge in [0.2, 0.25) is 0 Å². The van der Waals surface area contributed by atoms with E-state index in [1.54, 1.807) is 23.1 Å². The van der Waals surface area contributed by atoms with Gasteiger partial charge in [-0.1, -0.05) is 30.3 Å². The van der Waals surface area contributed by atoms with E-state index in [1.165, 1.54) is 0 Å². The van der Waals surface area contributed by atoms with E-state index in [0.29, 0.717) is 30.9 Å². The summed E-state index contributed by atoms with van der Waals surface area (Å²) in [5.74, 6) is 0.501. The third kappa shape index (κ3) is 4.72. The molecule has 1 aromatic carbocycles. The first kappa shape index (κ1) is 21.1. The number of carbonyl (C=O) groups excluding carboxylic acids is 1. The number of hydrogen-bond acceptors (Lipinski definition) is 5. The summed E-state index contributed by atoms with van der Waals surface area (Å²) in [6, 6.07) is 13.5. The predicted octanol–water partition coefficient (Wildman–Crippen LogP) is 3.35. The molecule has 5 rings (SSSR count). The fourth-order valence-corrected chi connectivity index (χ4v) is 4.16. The first-order valence-electron chi connectivity index (χ1n) is 11.3. The lowest BCUT2D eigenvalue weighted by molar-refractivity contribution is 0.0947. The summed E-state index contributed by atoms with van der Waals surface area (Å²) < 4.78 is 17.8. The number of halogens is 1. The zero-order chi connectivity index (χ0) is 22.6. The number of piperidine rings is 1. The van der Waals surface area contributed by atoms with Crippen LogP contribution in [0.3, 0.4) is 0 Å². The molecule has 1 unspecified atom stereocenters. The van der Waals surface area contributed by atoms with Crippen molar-refractivity contribution in [1.82, 2.24) is 29.5 Å². The Bertz CT molecular complexity index is 1220. The molecule has 0 bridgehead atoms. The number of imidazole rings is 1. The average Bonchev–Trinajstić information content (AvgIpc) is 3.51. The number of fused-ring (bicyclic) bond motifs is 1. The number of carbonyl (C=O) groups is 1. The first-order chi connectivity index (χ1) is 16.2. The summed E-state index contributed by atoms with van der Waals surface area (Å²) >= 11 is 0. The standard InChI is InChI=1S/C24H26FN7O/c25-19-8-4-12-31(16-19)23-15-20(18-6-2-1-3-7-18)28-22-14-21(29-32(22)23)24(33)27-9-5-11-30-13-10-26-17-30/h1-3,6-7,10,13-15,17,19H,4-5,8-9,11-12,16H2,(H,27,33). The van der Waals surface area contributed by atoms with Crippen molar-refractivity contribution >= 4 is 17.4 Å². The second kappa shape index (κ2) is 9.40. The molecule has 4 heterocycles. The molecule has 1 aliphatic heterocycles. The van der Waals surface area contributed by atoms with Crippen molar-refractivity contribution in [2.24, 2.45) is 0 Å². The van der Waals surface area contributed by atoms with E-state index in [2.05, 4.69) is 15.4 Å². The van der Waals surface area contributed by atoms with Crippen molar-refractivity contribution < 1.29 is 9.18 Å². The van der Waals surface area contributed by atoms with Crippen LogP contribution < -0.4 is 10.2 Å². The molecule has 1 N–H and O–H groups in total. The Kier molecular flexibility index (Phi) is 6.01. The molecule has 33 heavy (non-hydrogen) atoms. The summed E-state index contributed by atoms with van der Waals surface area (Å²) in [6.07, 6.45) is 6.63. The van der Waals surface area contributed by atoms with E-state index < -0.39 is 6.17 Å². The highest BCUT2D eigenvalue weighted by molar-refractivity contribution is 5.93. The summed E-state index contributed by atoms with van der Waals surface area (Å²) in [4.78, 5) is 23.5. The second-order valence-corrected chi connectivity index (χ2v) is 8.26. The molecule has 0 spiro atoms. The van der Waals surface area contributed by atoms with Gasteiger partial charge >= 0.3 is 0 Å². The topological polar surface area (TPSA) is 80.4 Å². The van der Waals surface area contributed by atoms with Crippen LogP contribution in [0.5, 0.6) is 0 Å². The lowest BCUT2D eigenvalue weighted by atomic mass is 10.1. The number of aryl methyl sites for hydroxylation is 1. The van der Waals surface area contributed by atoms with Gasteiger partial charge in [0.25, 0.3) is 5.91 Å². The van der Waals surface area contributed by atoms with Gasteiger partial charge in [0.05, 0.1) is 18.6 Å². The lowest BCUT2D eigenvalue weighted by Gasteiger charge is -2.31. The summed E-state index contributed by atoms with van der Waals surface area (Å²) in [5.41, 5.74) is 2.59. The smallest absolute Gasteiger partial charge is 0.271 e. The Morgan fingerprint density at radius 2 is 2.09 bits per heavy atom. The van der Waals surface area contributed by atoms with Gasteiger partial charge in [0.1, 0.15) is 12.0 Å². The van der Waals surface area contributed by atoms with Gasteiger partial charge in [0, 0.05) is 49.7 Å². The number of hydrogen-bond donors (Lipinski definition) is 1. The number of nitrogens with one attached hydrogen (secondary N) is 1. The molecule has 0 saturated carbocycles. The Morgan fingerprint density at radius 1 is 1.21 bits per heavy atom. The van der Waals surface area contributed by atoms with Crippen molar-refractivity contribution in [3.8, 4) is 11.3 Å². The molecule has 3 aromatic heterocycles. The second-order valence-electron chi connectivity index (χ2n) is 8.26. The van der Waals surface area contributed by atoms with Crippen molar-refractivity contribution in [3.05, 3.63) is 66.9 Å². The van der Waals surface area contributed by atoms with Crippen LogP contribution in [-0.2, 0) is 6.54 Å². The summed E-state index contributed by atoms with van der Waals surface area (Å²) in [7, 11) is 0. The van der Waals surface area contributed by atoms with Crippen molar-refractivity contribution in [2.45, 2.75) is 32.0 Å². The molecule has 8 nitrogen and oxygen atoms in total. The number of aromatic nitrogens is 5. The molecule has 4 aromatic rings. The molecule has 1 fully saturated rings. The van der Waals surface area contributed by atoms with E-state index in [9.17, 15) is 9.18 Å². The van der Waals surface area contributed by atoms with Gasteiger partial charge in [-0.15, -0.1) is 0 Å².